The van der Waals surface area contributed by atoms with Crippen LogP contribution in [0.3, 0.4) is 0 Å². The highest BCUT2D eigenvalue weighted by Gasteiger charge is 2.21. The Bertz CT molecular complexity index is 760. The van der Waals surface area contributed by atoms with E-state index in [1.54, 1.807) is 36.5 Å². The molecule has 0 aliphatic carbocycles. The van der Waals surface area contributed by atoms with Crippen LogP contribution in [0.25, 0.3) is 0 Å². The van der Waals surface area contributed by atoms with E-state index >= 15 is 0 Å². The summed E-state index contributed by atoms with van der Waals surface area (Å²) in [7, 11) is 0. The van der Waals surface area contributed by atoms with Crippen LogP contribution in [0.2, 0.25) is 0 Å². The Balaban J connectivity index is 2.19. The third kappa shape index (κ3) is 4.29. The van der Waals surface area contributed by atoms with Gasteiger partial charge in [0, 0.05) is 12.0 Å². The number of carbonyl (C=O) groups excluding carboxylic acids is 2. The van der Waals surface area contributed by atoms with Crippen LogP contribution in [0.5, 0.6) is 0 Å². The van der Waals surface area contributed by atoms with Crippen LogP contribution in [0.4, 0.5) is 5.69 Å². The monoisotopic (exact) mass is 343 g/mol. The normalized spacial score (nSPS) is 11.0. The molecule has 24 heavy (non-hydrogen) atoms. The summed E-state index contributed by atoms with van der Waals surface area (Å²) in [4.78, 5) is 29.4. The van der Waals surface area contributed by atoms with Crippen LogP contribution in [0, 0.1) is 0 Å². The van der Waals surface area contributed by atoms with E-state index in [2.05, 4.69) is 22.2 Å². The average molecular weight is 343 g/mol. The minimum atomic E-state index is -0.271. The summed E-state index contributed by atoms with van der Waals surface area (Å²) < 4.78 is 0. The highest BCUT2D eigenvalue weighted by atomic mass is 32.1. The first-order valence-electron chi connectivity index (χ1n) is 7.58. The zero-order valence-corrected chi connectivity index (χ0v) is 14.9. The van der Waals surface area contributed by atoms with E-state index in [9.17, 15) is 9.59 Å². The van der Waals surface area contributed by atoms with Crippen molar-refractivity contribution >= 4 is 28.8 Å². The molecular weight excluding hydrogens is 322 g/mol. The molecule has 0 radical (unpaired) electrons. The fraction of sp³-hybridized carbons (Fsp3) is 0.278. The summed E-state index contributed by atoms with van der Waals surface area (Å²) in [5, 5.41) is 6.39. The van der Waals surface area contributed by atoms with Gasteiger partial charge in [-0.2, -0.15) is 0 Å². The van der Waals surface area contributed by atoms with Gasteiger partial charge in [0.15, 0.2) is 0 Å². The van der Waals surface area contributed by atoms with E-state index < -0.39 is 0 Å². The van der Waals surface area contributed by atoms with Crippen molar-refractivity contribution < 1.29 is 9.59 Å². The maximum Gasteiger partial charge on any atom is 0.267 e. The van der Waals surface area contributed by atoms with Crippen molar-refractivity contribution in [3.8, 4) is 0 Å². The van der Waals surface area contributed by atoms with Gasteiger partial charge in [-0.1, -0.05) is 39.0 Å². The van der Waals surface area contributed by atoms with Crippen molar-refractivity contribution in [1.82, 2.24) is 10.3 Å². The van der Waals surface area contributed by atoms with Crippen molar-refractivity contribution in [1.29, 1.82) is 0 Å². The van der Waals surface area contributed by atoms with E-state index in [-0.39, 0.29) is 17.2 Å². The van der Waals surface area contributed by atoms with Crippen LogP contribution in [-0.2, 0) is 5.41 Å². The Morgan fingerprint density at radius 2 is 1.96 bits per heavy atom. The topological polar surface area (TPSA) is 71.1 Å². The van der Waals surface area contributed by atoms with E-state index in [4.69, 9.17) is 0 Å². The molecule has 2 amide bonds. The van der Waals surface area contributed by atoms with Gasteiger partial charge in [-0.05, 0) is 12.1 Å². The van der Waals surface area contributed by atoms with Crippen LogP contribution < -0.4 is 10.6 Å². The summed E-state index contributed by atoms with van der Waals surface area (Å²) in [5.41, 5.74) is 0.772. The highest BCUT2D eigenvalue weighted by Crippen LogP contribution is 2.27. The molecule has 5 nitrogen and oxygen atoms in total. The molecule has 0 saturated carbocycles. The summed E-state index contributed by atoms with van der Waals surface area (Å²) in [6.45, 7) is 10.1. The lowest BCUT2D eigenvalue weighted by Gasteiger charge is -2.13. The summed E-state index contributed by atoms with van der Waals surface area (Å²) in [5.74, 6) is -0.530. The Kier molecular flexibility index (Phi) is 5.51. The quantitative estimate of drug-likeness (QED) is 0.815. The van der Waals surface area contributed by atoms with Crippen molar-refractivity contribution in [2.75, 3.05) is 11.9 Å². The molecule has 0 spiro atoms. The number of nitrogens with one attached hydrogen (secondary N) is 2. The van der Waals surface area contributed by atoms with Gasteiger partial charge in [-0.3, -0.25) is 9.59 Å². The van der Waals surface area contributed by atoms with Crippen LogP contribution in [-0.4, -0.2) is 23.3 Å². The standard InChI is InChI=1S/C18H21N3O2S/c1-5-10-19-15(22)12-8-6-7-9-13(12)21-16(23)14-11-20-17(24-14)18(2,3)4/h5-9,11H,1,10H2,2-4H3,(H,19,22)(H,21,23). The molecule has 0 saturated heterocycles. The second-order valence-electron chi connectivity index (χ2n) is 6.28. The molecular formula is C18H21N3O2S. The molecule has 0 aliphatic heterocycles. The fourth-order valence-corrected chi connectivity index (χ4v) is 2.83. The summed E-state index contributed by atoms with van der Waals surface area (Å²) in [6, 6.07) is 6.89. The van der Waals surface area contributed by atoms with Crippen molar-refractivity contribution in [3.05, 3.63) is 58.6 Å². The number of carbonyl (C=O) groups is 2. The first-order chi connectivity index (χ1) is 11.3. The average Bonchev–Trinajstić information content (AvgIpc) is 3.03. The molecule has 1 aromatic carbocycles. The predicted molar refractivity (Wildman–Crippen MR) is 97.7 cm³/mol. The van der Waals surface area contributed by atoms with Gasteiger partial charge in [0.2, 0.25) is 0 Å². The smallest absolute Gasteiger partial charge is 0.267 e. The number of benzene rings is 1. The summed E-state index contributed by atoms with van der Waals surface area (Å²) in [6.07, 6.45) is 3.17. The van der Waals surface area contributed by atoms with Gasteiger partial charge in [0.1, 0.15) is 4.88 Å². The van der Waals surface area contributed by atoms with E-state index in [1.807, 2.05) is 20.8 Å². The number of anilines is 1. The fourth-order valence-electron chi connectivity index (χ4n) is 1.96. The van der Waals surface area contributed by atoms with Crippen molar-refractivity contribution in [3.63, 3.8) is 0 Å². The number of hydrogen-bond donors (Lipinski definition) is 2. The zero-order valence-electron chi connectivity index (χ0n) is 14.1. The maximum atomic E-state index is 12.5. The van der Waals surface area contributed by atoms with Crippen molar-refractivity contribution in [2.45, 2.75) is 26.2 Å². The number of thiazole rings is 1. The van der Waals surface area contributed by atoms with Crippen LogP contribution in [0.1, 0.15) is 45.8 Å². The molecule has 0 unspecified atom stereocenters. The third-order valence-corrected chi connectivity index (χ3v) is 4.62. The molecule has 0 atom stereocenters. The van der Waals surface area contributed by atoms with Crippen LogP contribution in [0.15, 0.2) is 43.1 Å². The molecule has 126 valence electrons. The number of rotatable bonds is 5. The van der Waals surface area contributed by atoms with E-state index in [0.717, 1.165) is 5.01 Å². The third-order valence-electron chi connectivity index (χ3n) is 3.20. The van der Waals surface area contributed by atoms with Crippen molar-refractivity contribution in [2.24, 2.45) is 0 Å². The largest absolute Gasteiger partial charge is 0.349 e. The predicted octanol–water partition coefficient (Wildman–Crippen LogP) is 3.61. The molecule has 0 aliphatic rings. The SMILES string of the molecule is C=CCNC(=O)c1ccccc1NC(=O)c1cnc(C(C)(C)C)s1. The first-order valence-corrected chi connectivity index (χ1v) is 8.40. The van der Waals surface area contributed by atoms with E-state index in [0.29, 0.717) is 22.7 Å². The molecule has 0 bridgehead atoms. The molecule has 2 aromatic rings. The Morgan fingerprint density at radius 1 is 1.25 bits per heavy atom. The van der Waals surface area contributed by atoms with Crippen LogP contribution >= 0.6 is 11.3 Å². The number of aromatic nitrogens is 1. The number of nitrogens with zero attached hydrogens (tertiary/aromatic N) is 1. The lowest BCUT2D eigenvalue weighted by atomic mass is 9.98. The maximum absolute atomic E-state index is 12.5. The molecule has 2 N–H and O–H groups in total. The second-order valence-corrected chi connectivity index (χ2v) is 7.31. The van der Waals surface area contributed by atoms with Gasteiger partial charge in [-0.25, -0.2) is 4.98 Å². The molecule has 6 heteroatoms. The summed E-state index contributed by atoms with van der Waals surface area (Å²) >= 11 is 1.36. The number of amides is 2. The Hall–Kier alpha value is -2.47. The zero-order chi connectivity index (χ0) is 17.7. The Morgan fingerprint density at radius 3 is 2.58 bits per heavy atom. The lowest BCUT2D eigenvalue weighted by Crippen LogP contribution is -2.25. The number of hydrogen-bond acceptors (Lipinski definition) is 4. The minimum absolute atomic E-state index is 0.105. The number of para-hydroxylation sites is 1. The van der Waals surface area contributed by atoms with Gasteiger partial charge >= 0.3 is 0 Å². The van der Waals surface area contributed by atoms with E-state index in [1.165, 1.54) is 11.3 Å². The Labute approximate surface area is 145 Å². The molecule has 1 heterocycles. The van der Waals surface area contributed by atoms with Gasteiger partial charge < -0.3 is 10.6 Å². The van der Waals surface area contributed by atoms with Gasteiger partial charge in [0.05, 0.1) is 22.5 Å². The molecule has 2 rings (SSSR count). The lowest BCUT2D eigenvalue weighted by molar-refractivity contribution is 0.0959. The van der Waals surface area contributed by atoms with Gasteiger partial charge in [-0.15, -0.1) is 17.9 Å². The first kappa shape index (κ1) is 17.9. The molecule has 0 fully saturated rings. The minimum Gasteiger partial charge on any atom is -0.349 e. The molecule has 1 aromatic heterocycles. The second kappa shape index (κ2) is 7.40. The van der Waals surface area contributed by atoms with Gasteiger partial charge in [0.25, 0.3) is 11.8 Å². The highest BCUT2D eigenvalue weighted by molar-refractivity contribution is 7.13.